The van der Waals surface area contributed by atoms with Crippen molar-refractivity contribution in [3.8, 4) is 5.69 Å². The van der Waals surface area contributed by atoms with E-state index in [1.807, 2.05) is 0 Å². The molecule has 1 atom stereocenters. The van der Waals surface area contributed by atoms with Gasteiger partial charge in [0.2, 0.25) is 0 Å². The third-order valence-electron chi connectivity index (χ3n) is 2.04. The molecule has 1 unspecified atom stereocenters. The minimum absolute atomic E-state index is 0.276. The summed E-state index contributed by atoms with van der Waals surface area (Å²) < 4.78 is 1.50. The fraction of sp³-hybridized carbons (Fsp3) is 0.222. The molecule has 0 aliphatic heterocycles. The molecule has 0 spiro atoms. The zero-order chi connectivity index (χ0) is 11.7. The molecule has 2 aromatic rings. The predicted molar refractivity (Wildman–Crippen MR) is 61.8 cm³/mol. The van der Waals surface area contributed by atoms with Crippen molar-refractivity contribution in [2.24, 2.45) is 5.73 Å². The molecule has 0 aliphatic carbocycles. The first-order chi connectivity index (χ1) is 7.59. The molecule has 0 saturated carbocycles. The van der Waals surface area contributed by atoms with E-state index >= 15 is 0 Å². The summed E-state index contributed by atoms with van der Waals surface area (Å²) in [4.78, 5) is 0. The largest absolute Gasteiger partial charge is 0.321 e. The second-order valence-electron chi connectivity index (χ2n) is 3.33. The van der Waals surface area contributed by atoms with E-state index in [0.717, 1.165) is 0 Å². The summed E-state index contributed by atoms with van der Waals surface area (Å²) in [6.07, 6.45) is 0. The van der Waals surface area contributed by atoms with E-state index in [-0.39, 0.29) is 6.04 Å². The number of hydrogen-bond acceptors (Lipinski definition) is 4. The smallest absolute Gasteiger partial charge is 0.173 e. The SMILES string of the molecule is CC(N)c1nnnn1-c1ccc(Cl)cc1Cl. The molecule has 0 aliphatic rings. The van der Waals surface area contributed by atoms with Gasteiger partial charge in [-0.05, 0) is 35.5 Å². The molecule has 2 rings (SSSR count). The quantitative estimate of drug-likeness (QED) is 0.894. The van der Waals surface area contributed by atoms with Crippen LogP contribution in [-0.4, -0.2) is 20.2 Å². The van der Waals surface area contributed by atoms with Gasteiger partial charge in [-0.1, -0.05) is 23.2 Å². The van der Waals surface area contributed by atoms with E-state index in [2.05, 4.69) is 15.5 Å². The molecule has 0 saturated heterocycles. The lowest BCUT2D eigenvalue weighted by Crippen LogP contribution is -2.13. The number of hydrogen-bond donors (Lipinski definition) is 1. The number of benzene rings is 1. The summed E-state index contributed by atoms with van der Waals surface area (Å²) in [5.74, 6) is 0.546. The van der Waals surface area contributed by atoms with Gasteiger partial charge >= 0.3 is 0 Å². The maximum Gasteiger partial charge on any atom is 0.173 e. The van der Waals surface area contributed by atoms with Gasteiger partial charge in [0.25, 0.3) is 0 Å². The van der Waals surface area contributed by atoms with Gasteiger partial charge in [-0.25, -0.2) is 0 Å². The Bertz CT molecular complexity index is 508. The van der Waals surface area contributed by atoms with Crippen LogP contribution in [0.5, 0.6) is 0 Å². The summed E-state index contributed by atoms with van der Waals surface area (Å²) in [7, 11) is 0. The van der Waals surface area contributed by atoms with Crippen molar-refractivity contribution in [3.05, 3.63) is 34.1 Å². The zero-order valence-corrected chi connectivity index (χ0v) is 9.94. The molecule has 2 N–H and O–H groups in total. The second kappa shape index (κ2) is 4.37. The normalized spacial score (nSPS) is 12.8. The molecule has 16 heavy (non-hydrogen) atoms. The fourth-order valence-corrected chi connectivity index (χ4v) is 1.79. The van der Waals surface area contributed by atoms with E-state index in [1.54, 1.807) is 25.1 Å². The molecule has 84 valence electrons. The molecule has 1 heterocycles. The van der Waals surface area contributed by atoms with Crippen molar-refractivity contribution in [1.29, 1.82) is 0 Å². The van der Waals surface area contributed by atoms with Crippen LogP contribution in [0.2, 0.25) is 10.0 Å². The minimum atomic E-state index is -0.276. The highest BCUT2D eigenvalue weighted by atomic mass is 35.5. The van der Waals surface area contributed by atoms with Crippen LogP contribution in [0.3, 0.4) is 0 Å². The van der Waals surface area contributed by atoms with Crippen molar-refractivity contribution in [3.63, 3.8) is 0 Å². The predicted octanol–water partition coefficient (Wildman–Crippen LogP) is 1.99. The zero-order valence-electron chi connectivity index (χ0n) is 8.43. The fourth-order valence-electron chi connectivity index (χ4n) is 1.30. The summed E-state index contributed by atoms with van der Waals surface area (Å²) in [6.45, 7) is 1.80. The van der Waals surface area contributed by atoms with E-state index in [4.69, 9.17) is 28.9 Å². The van der Waals surface area contributed by atoms with Gasteiger partial charge in [0.05, 0.1) is 16.8 Å². The van der Waals surface area contributed by atoms with Crippen molar-refractivity contribution < 1.29 is 0 Å². The van der Waals surface area contributed by atoms with Crippen LogP contribution < -0.4 is 5.73 Å². The second-order valence-corrected chi connectivity index (χ2v) is 4.18. The average molecular weight is 258 g/mol. The van der Waals surface area contributed by atoms with Crippen LogP contribution >= 0.6 is 23.2 Å². The van der Waals surface area contributed by atoms with Crippen LogP contribution in [-0.2, 0) is 0 Å². The Balaban J connectivity index is 2.54. The van der Waals surface area contributed by atoms with Crippen LogP contribution in [0.1, 0.15) is 18.8 Å². The Kier molecular flexibility index (Phi) is 3.09. The Morgan fingerprint density at radius 1 is 1.38 bits per heavy atom. The molecule has 0 bridgehead atoms. The van der Waals surface area contributed by atoms with Gasteiger partial charge in [0.15, 0.2) is 5.82 Å². The minimum Gasteiger partial charge on any atom is -0.321 e. The molecule has 1 aromatic heterocycles. The van der Waals surface area contributed by atoms with Crippen molar-refractivity contribution in [2.75, 3.05) is 0 Å². The monoisotopic (exact) mass is 257 g/mol. The van der Waals surface area contributed by atoms with Gasteiger partial charge in [-0.15, -0.1) is 5.10 Å². The maximum absolute atomic E-state index is 6.06. The molecule has 0 amide bonds. The molecule has 7 heteroatoms. The first kappa shape index (κ1) is 11.3. The number of rotatable bonds is 2. The third kappa shape index (κ3) is 2.02. The Labute approximate surface area is 102 Å². The summed E-state index contributed by atoms with van der Waals surface area (Å²) in [6, 6.07) is 4.81. The van der Waals surface area contributed by atoms with Gasteiger partial charge < -0.3 is 5.73 Å². The number of nitrogens with two attached hydrogens (primary N) is 1. The summed E-state index contributed by atoms with van der Waals surface area (Å²) >= 11 is 11.9. The molecule has 1 aromatic carbocycles. The molecular formula is C9H9Cl2N5. The maximum atomic E-state index is 6.06. The van der Waals surface area contributed by atoms with Gasteiger partial charge in [0, 0.05) is 5.02 Å². The van der Waals surface area contributed by atoms with Crippen molar-refractivity contribution >= 4 is 23.2 Å². The average Bonchev–Trinajstić information content (AvgIpc) is 2.66. The van der Waals surface area contributed by atoms with Crippen molar-refractivity contribution in [1.82, 2.24) is 20.2 Å². The number of halogens is 2. The van der Waals surface area contributed by atoms with E-state index in [0.29, 0.717) is 21.6 Å². The number of aromatic nitrogens is 4. The standard InChI is InChI=1S/C9H9Cl2N5/c1-5(12)9-13-14-15-16(9)8-3-2-6(10)4-7(8)11/h2-5H,12H2,1H3. The van der Waals surface area contributed by atoms with E-state index < -0.39 is 0 Å². The lowest BCUT2D eigenvalue weighted by Gasteiger charge is -2.08. The van der Waals surface area contributed by atoms with Gasteiger partial charge in [0.1, 0.15) is 0 Å². The van der Waals surface area contributed by atoms with Gasteiger partial charge in [-0.3, -0.25) is 0 Å². The Hall–Kier alpha value is -1.17. The van der Waals surface area contributed by atoms with E-state index in [9.17, 15) is 0 Å². The third-order valence-corrected chi connectivity index (χ3v) is 2.58. The number of tetrazole rings is 1. The molecule has 0 radical (unpaired) electrons. The Morgan fingerprint density at radius 2 is 2.12 bits per heavy atom. The summed E-state index contributed by atoms with van der Waals surface area (Å²) in [5.41, 5.74) is 6.40. The van der Waals surface area contributed by atoms with Crippen LogP contribution in [0.15, 0.2) is 18.2 Å². The highest BCUT2D eigenvalue weighted by Crippen LogP contribution is 2.25. The van der Waals surface area contributed by atoms with Crippen molar-refractivity contribution in [2.45, 2.75) is 13.0 Å². The van der Waals surface area contributed by atoms with Crippen LogP contribution in [0.25, 0.3) is 5.69 Å². The molecule has 0 fully saturated rings. The highest BCUT2D eigenvalue weighted by molar-refractivity contribution is 6.35. The first-order valence-corrected chi connectivity index (χ1v) is 5.34. The number of nitrogens with zero attached hydrogens (tertiary/aromatic N) is 4. The molecule has 5 nitrogen and oxygen atoms in total. The lowest BCUT2D eigenvalue weighted by molar-refractivity contribution is 0.688. The summed E-state index contributed by atoms with van der Waals surface area (Å²) in [5, 5.41) is 12.3. The topological polar surface area (TPSA) is 69.6 Å². The van der Waals surface area contributed by atoms with E-state index in [1.165, 1.54) is 4.68 Å². The van der Waals surface area contributed by atoms with Gasteiger partial charge in [-0.2, -0.15) is 4.68 Å². The Morgan fingerprint density at radius 3 is 2.75 bits per heavy atom. The molecular weight excluding hydrogens is 249 g/mol. The highest BCUT2D eigenvalue weighted by Gasteiger charge is 2.14. The lowest BCUT2D eigenvalue weighted by atomic mass is 10.3. The first-order valence-electron chi connectivity index (χ1n) is 4.59. The van der Waals surface area contributed by atoms with Crippen LogP contribution in [0, 0.1) is 0 Å². The van der Waals surface area contributed by atoms with Crippen LogP contribution in [0.4, 0.5) is 0 Å².